The third-order valence-corrected chi connectivity index (χ3v) is 5.13. The smallest absolute Gasteiger partial charge is 0.449 e. The topological polar surface area (TPSA) is 117 Å². The van der Waals surface area contributed by atoms with Gasteiger partial charge in [0.15, 0.2) is 0 Å². The third kappa shape index (κ3) is 6.56. The number of carbonyl (C=O) groups is 2. The maximum absolute atomic E-state index is 12.6. The number of benzene rings is 1. The van der Waals surface area contributed by atoms with Gasteiger partial charge in [-0.05, 0) is 30.9 Å². The zero-order chi connectivity index (χ0) is 22.2. The van der Waals surface area contributed by atoms with Crippen molar-refractivity contribution in [3.63, 3.8) is 0 Å². The Morgan fingerprint density at radius 3 is 2.52 bits per heavy atom. The van der Waals surface area contributed by atoms with Crippen molar-refractivity contribution < 1.29 is 19.4 Å². The van der Waals surface area contributed by atoms with Crippen molar-refractivity contribution in [1.29, 1.82) is 0 Å². The number of nitrogens with zero attached hydrogens (tertiary/aromatic N) is 3. The van der Waals surface area contributed by atoms with E-state index in [9.17, 15) is 9.59 Å². The normalized spacial score (nSPS) is 14.2. The molecule has 166 valence electrons. The van der Waals surface area contributed by atoms with Gasteiger partial charge in [0.1, 0.15) is 12.1 Å². The number of carboxylic acid groups (broad SMARTS) is 1. The first-order valence-electron chi connectivity index (χ1n) is 10.6. The molecule has 0 unspecified atom stereocenters. The van der Waals surface area contributed by atoms with E-state index in [2.05, 4.69) is 39.3 Å². The van der Waals surface area contributed by atoms with Gasteiger partial charge >= 0.3 is 12.2 Å². The number of aromatic nitrogens is 2. The monoisotopic (exact) mass is 427 g/mol. The number of nitrogens with one attached hydrogen (secondary N) is 2. The molecule has 3 rings (SSSR count). The second-order valence-electron chi connectivity index (χ2n) is 8.09. The molecule has 2 aromatic rings. The number of hydrogen-bond donors (Lipinski definition) is 3. The van der Waals surface area contributed by atoms with E-state index in [1.165, 1.54) is 38.0 Å². The minimum Gasteiger partial charge on any atom is -0.449 e. The van der Waals surface area contributed by atoms with Crippen molar-refractivity contribution in [1.82, 2.24) is 9.97 Å². The Labute approximate surface area is 181 Å². The molecule has 0 saturated heterocycles. The summed E-state index contributed by atoms with van der Waals surface area (Å²) >= 11 is 0. The molecule has 1 aliphatic rings. The van der Waals surface area contributed by atoms with E-state index in [0.717, 1.165) is 25.1 Å². The summed E-state index contributed by atoms with van der Waals surface area (Å²) in [6, 6.07) is 4.87. The fourth-order valence-electron chi connectivity index (χ4n) is 3.91. The van der Waals surface area contributed by atoms with Gasteiger partial charge in [0.2, 0.25) is 0 Å². The van der Waals surface area contributed by atoms with Crippen LogP contribution < -0.4 is 20.3 Å². The molecule has 9 heteroatoms. The molecular weight excluding hydrogens is 398 g/mol. The Hall–Kier alpha value is -3.36. The van der Waals surface area contributed by atoms with Crippen LogP contribution in [0.2, 0.25) is 0 Å². The van der Waals surface area contributed by atoms with Crippen molar-refractivity contribution in [2.24, 2.45) is 5.92 Å². The zero-order valence-electron chi connectivity index (χ0n) is 17.9. The van der Waals surface area contributed by atoms with Gasteiger partial charge in [0.25, 0.3) is 0 Å². The molecule has 1 aromatic heterocycles. The highest BCUT2D eigenvalue weighted by Gasteiger charge is 2.25. The van der Waals surface area contributed by atoms with Gasteiger partial charge in [-0.25, -0.2) is 19.6 Å². The lowest BCUT2D eigenvalue weighted by molar-refractivity contribution is 0.144. The lowest BCUT2D eigenvalue weighted by Crippen LogP contribution is -2.40. The molecule has 31 heavy (non-hydrogen) atoms. The van der Waals surface area contributed by atoms with E-state index < -0.39 is 12.2 Å². The predicted octanol–water partition coefficient (Wildman–Crippen LogP) is 4.97. The van der Waals surface area contributed by atoms with Gasteiger partial charge in [-0.2, -0.15) is 0 Å². The summed E-state index contributed by atoms with van der Waals surface area (Å²) in [6.07, 6.45) is 8.73. The first-order valence-corrected chi connectivity index (χ1v) is 10.6. The van der Waals surface area contributed by atoms with E-state index in [1.54, 1.807) is 12.1 Å². The van der Waals surface area contributed by atoms with Crippen LogP contribution in [-0.2, 0) is 0 Å². The van der Waals surface area contributed by atoms with Crippen molar-refractivity contribution in [3.8, 4) is 5.75 Å². The summed E-state index contributed by atoms with van der Waals surface area (Å²) < 4.78 is 4.82. The summed E-state index contributed by atoms with van der Waals surface area (Å²) in [6.45, 7) is 5.15. The Morgan fingerprint density at radius 1 is 1.16 bits per heavy atom. The zero-order valence-corrected chi connectivity index (χ0v) is 17.9. The second kappa shape index (κ2) is 10.6. The molecule has 1 aromatic carbocycles. The molecule has 0 radical (unpaired) electrons. The molecular formula is C22H29N5O4. The highest BCUT2D eigenvalue weighted by atomic mass is 16.7. The molecule has 9 nitrogen and oxygen atoms in total. The molecule has 1 aliphatic carbocycles. The molecule has 2 amide bonds. The van der Waals surface area contributed by atoms with Crippen molar-refractivity contribution in [2.45, 2.75) is 52.0 Å². The maximum atomic E-state index is 12.6. The van der Waals surface area contributed by atoms with Crippen LogP contribution in [0.3, 0.4) is 0 Å². The van der Waals surface area contributed by atoms with Gasteiger partial charge in [-0.15, -0.1) is 0 Å². The molecule has 1 heterocycles. The number of anilines is 3. The summed E-state index contributed by atoms with van der Waals surface area (Å²) in [5, 5.41) is 14.5. The fourth-order valence-corrected chi connectivity index (χ4v) is 3.91. The molecule has 3 N–H and O–H groups in total. The maximum Gasteiger partial charge on any atom is 0.511 e. The fraction of sp³-hybridized carbons (Fsp3) is 0.455. The van der Waals surface area contributed by atoms with E-state index in [0.29, 0.717) is 23.3 Å². The van der Waals surface area contributed by atoms with Gasteiger partial charge in [0.05, 0.1) is 29.5 Å². The molecule has 0 spiro atoms. The van der Waals surface area contributed by atoms with Crippen molar-refractivity contribution in [2.75, 3.05) is 22.1 Å². The summed E-state index contributed by atoms with van der Waals surface area (Å²) in [7, 11) is 0. The van der Waals surface area contributed by atoms with Crippen molar-refractivity contribution >= 4 is 29.2 Å². The number of rotatable bonds is 7. The van der Waals surface area contributed by atoms with Gasteiger partial charge in [-0.1, -0.05) is 33.1 Å². The van der Waals surface area contributed by atoms with Crippen molar-refractivity contribution in [3.05, 3.63) is 36.9 Å². The van der Waals surface area contributed by atoms with Gasteiger partial charge in [0, 0.05) is 18.7 Å². The number of hydrogen-bond acceptors (Lipinski definition) is 6. The van der Waals surface area contributed by atoms with E-state index >= 15 is 0 Å². The molecule has 0 bridgehead atoms. The molecule has 0 atom stereocenters. The van der Waals surface area contributed by atoms with Crippen LogP contribution in [0.4, 0.5) is 26.7 Å². The third-order valence-electron chi connectivity index (χ3n) is 5.13. The van der Waals surface area contributed by atoms with Crippen LogP contribution in [0.25, 0.3) is 0 Å². The highest BCUT2D eigenvalue weighted by Crippen LogP contribution is 2.35. The van der Waals surface area contributed by atoms with Crippen LogP contribution in [0.1, 0.15) is 46.0 Å². The number of carbonyl (C=O) groups excluding carboxylic acids is 1. The Morgan fingerprint density at radius 2 is 1.87 bits per heavy atom. The minimum absolute atomic E-state index is 0.141. The van der Waals surface area contributed by atoms with Crippen LogP contribution in [0, 0.1) is 5.92 Å². The highest BCUT2D eigenvalue weighted by molar-refractivity contribution is 6.02. The van der Waals surface area contributed by atoms with E-state index in [4.69, 9.17) is 9.84 Å². The van der Waals surface area contributed by atoms with Crippen LogP contribution >= 0.6 is 0 Å². The summed E-state index contributed by atoms with van der Waals surface area (Å²) in [5.41, 5.74) is 1.78. The minimum atomic E-state index is -1.41. The summed E-state index contributed by atoms with van der Waals surface area (Å²) in [4.78, 5) is 33.7. The van der Waals surface area contributed by atoms with Crippen LogP contribution in [0.5, 0.6) is 5.75 Å². The summed E-state index contributed by atoms with van der Waals surface area (Å²) in [5.74, 6) is 0.558. The first-order chi connectivity index (χ1) is 14.9. The largest absolute Gasteiger partial charge is 0.511 e. The quantitative estimate of drug-likeness (QED) is 0.422. The standard InChI is InChI=1S/C22H29N5O4/c1-15(2)13-27(17-6-4-3-5-7-17)20-9-8-18(31-22(29)30)10-19(20)26-21(28)25-16-11-23-14-24-12-16/h8-12,14-15,17H,3-7,13H2,1-2H3,(H,29,30)(H2,25,26,28). The van der Waals surface area contributed by atoms with E-state index in [-0.39, 0.29) is 5.75 Å². The van der Waals surface area contributed by atoms with Gasteiger partial charge in [-0.3, -0.25) is 0 Å². The Balaban J connectivity index is 1.90. The Bertz CT molecular complexity index is 885. The van der Waals surface area contributed by atoms with Gasteiger partial charge < -0.3 is 25.4 Å². The average molecular weight is 428 g/mol. The lowest BCUT2D eigenvalue weighted by Gasteiger charge is -2.38. The molecule has 0 aliphatic heterocycles. The predicted molar refractivity (Wildman–Crippen MR) is 119 cm³/mol. The SMILES string of the molecule is CC(C)CN(c1ccc(OC(=O)O)cc1NC(=O)Nc1cncnc1)C1CCCCC1. The molecule has 1 saturated carbocycles. The number of amides is 2. The average Bonchev–Trinajstić information content (AvgIpc) is 2.73. The lowest BCUT2D eigenvalue weighted by atomic mass is 9.93. The van der Waals surface area contributed by atoms with Crippen LogP contribution in [-0.4, -0.2) is 39.8 Å². The number of urea groups is 1. The van der Waals surface area contributed by atoms with E-state index in [1.807, 2.05) is 6.07 Å². The number of ether oxygens (including phenoxy) is 1. The Kier molecular flexibility index (Phi) is 7.64. The second-order valence-corrected chi connectivity index (χ2v) is 8.09. The van der Waals surface area contributed by atoms with Crippen LogP contribution in [0.15, 0.2) is 36.9 Å². The first kappa shape index (κ1) is 22.3. The molecule has 1 fully saturated rings.